The molecule has 0 spiro atoms. The Balaban J connectivity index is 1.11. The fraction of sp³-hybridized carbons (Fsp3) is 0.321. The fourth-order valence-electron chi connectivity index (χ4n) is 5.01. The highest BCUT2D eigenvalue weighted by Gasteiger charge is 2.21. The smallest absolute Gasteiger partial charge is 0.246 e. The van der Waals surface area contributed by atoms with E-state index in [0.717, 1.165) is 53.2 Å². The van der Waals surface area contributed by atoms with Crippen LogP contribution in [0.5, 0.6) is 0 Å². The van der Waals surface area contributed by atoms with Crippen LogP contribution in [0.15, 0.2) is 61.7 Å². The van der Waals surface area contributed by atoms with Crippen molar-refractivity contribution in [2.75, 3.05) is 62.3 Å². The summed E-state index contributed by atoms with van der Waals surface area (Å²) in [7, 11) is 0. The zero-order valence-corrected chi connectivity index (χ0v) is 21.2. The number of aromatic nitrogens is 5. The Morgan fingerprint density at radius 2 is 1.66 bits per heavy atom. The van der Waals surface area contributed by atoms with Crippen molar-refractivity contribution in [2.24, 2.45) is 0 Å². The Kier molecular flexibility index (Phi) is 6.70. The van der Waals surface area contributed by atoms with Crippen molar-refractivity contribution in [3.63, 3.8) is 0 Å². The van der Waals surface area contributed by atoms with Crippen molar-refractivity contribution in [1.82, 2.24) is 29.8 Å². The largest absolute Gasteiger partial charge is 0.378 e. The van der Waals surface area contributed by atoms with Crippen LogP contribution < -0.4 is 9.80 Å². The molecule has 0 aliphatic carbocycles. The summed E-state index contributed by atoms with van der Waals surface area (Å²) >= 11 is 0. The van der Waals surface area contributed by atoms with Gasteiger partial charge in [0.25, 0.3) is 0 Å². The second-order valence-electron chi connectivity index (χ2n) is 9.52. The number of hydrogen-bond donors (Lipinski definition) is 1. The molecule has 1 N–H and O–H groups in total. The first-order valence-corrected chi connectivity index (χ1v) is 12.9. The highest BCUT2D eigenvalue weighted by Crippen LogP contribution is 2.29. The van der Waals surface area contributed by atoms with Crippen molar-refractivity contribution in [2.45, 2.75) is 6.42 Å². The molecule has 0 bridgehead atoms. The van der Waals surface area contributed by atoms with E-state index in [-0.39, 0.29) is 5.91 Å². The third-order valence-electron chi connectivity index (χ3n) is 7.13. The van der Waals surface area contributed by atoms with Gasteiger partial charge in [-0.3, -0.25) is 4.79 Å². The number of carbonyl (C=O) groups is 1. The van der Waals surface area contributed by atoms with E-state index in [1.54, 1.807) is 11.2 Å². The van der Waals surface area contributed by atoms with Gasteiger partial charge in [0.05, 0.1) is 18.6 Å². The molecule has 2 aliphatic heterocycles. The predicted molar refractivity (Wildman–Crippen MR) is 146 cm³/mol. The summed E-state index contributed by atoms with van der Waals surface area (Å²) in [6.45, 7) is 9.40. The number of H-pyrrole nitrogens is 1. The molecule has 1 aromatic carbocycles. The minimum atomic E-state index is -0.0251. The summed E-state index contributed by atoms with van der Waals surface area (Å²) in [5, 5.41) is 1.03. The molecule has 2 fully saturated rings. The normalized spacial score (nSPS) is 16.2. The maximum Gasteiger partial charge on any atom is 0.246 e. The van der Waals surface area contributed by atoms with Gasteiger partial charge >= 0.3 is 0 Å². The molecule has 10 nitrogen and oxygen atoms in total. The lowest BCUT2D eigenvalue weighted by molar-refractivity contribution is -0.126. The van der Waals surface area contributed by atoms with Crippen LogP contribution in [-0.4, -0.2) is 88.2 Å². The van der Waals surface area contributed by atoms with Gasteiger partial charge in [0, 0.05) is 63.8 Å². The second-order valence-corrected chi connectivity index (χ2v) is 9.52. The number of rotatable bonds is 6. The fourth-order valence-corrected chi connectivity index (χ4v) is 5.01. The van der Waals surface area contributed by atoms with Crippen LogP contribution >= 0.6 is 0 Å². The highest BCUT2D eigenvalue weighted by atomic mass is 16.5. The van der Waals surface area contributed by atoms with Crippen LogP contribution in [0.3, 0.4) is 0 Å². The first-order chi connectivity index (χ1) is 18.7. The van der Waals surface area contributed by atoms with Gasteiger partial charge in [-0.1, -0.05) is 30.8 Å². The minimum absolute atomic E-state index is 0.0251. The number of hydrogen-bond acceptors (Lipinski definition) is 8. The van der Waals surface area contributed by atoms with Gasteiger partial charge in [0.1, 0.15) is 17.8 Å². The average molecular weight is 511 g/mol. The maximum absolute atomic E-state index is 11.8. The monoisotopic (exact) mass is 510 g/mol. The molecular weight excluding hydrogens is 480 g/mol. The van der Waals surface area contributed by atoms with E-state index in [1.165, 1.54) is 11.6 Å². The zero-order chi connectivity index (χ0) is 25.9. The van der Waals surface area contributed by atoms with Gasteiger partial charge in [-0.05, 0) is 28.8 Å². The van der Waals surface area contributed by atoms with Gasteiger partial charge in [0.15, 0.2) is 0 Å². The van der Waals surface area contributed by atoms with Crippen LogP contribution in [0.2, 0.25) is 0 Å². The third kappa shape index (κ3) is 4.95. The SMILES string of the molecule is C=CC(=O)N1CCN(c2ncc(Cc3ccc(-c4cc5c(N6CCOCC6)ncnc5[nH]4)cc3)cn2)CC1. The maximum atomic E-state index is 11.8. The first kappa shape index (κ1) is 24.1. The summed E-state index contributed by atoms with van der Waals surface area (Å²) in [4.78, 5) is 39.6. The Labute approximate surface area is 221 Å². The van der Waals surface area contributed by atoms with Gasteiger partial charge in [-0.2, -0.15) is 0 Å². The van der Waals surface area contributed by atoms with E-state index >= 15 is 0 Å². The molecule has 5 heterocycles. The van der Waals surface area contributed by atoms with Crippen LogP contribution in [0.25, 0.3) is 22.3 Å². The molecule has 38 heavy (non-hydrogen) atoms. The van der Waals surface area contributed by atoms with Crippen molar-refractivity contribution < 1.29 is 9.53 Å². The summed E-state index contributed by atoms with van der Waals surface area (Å²) in [6.07, 6.45) is 7.52. The molecule has 1 amide bonds. The van der Waals surface area contributed by atoms with Gasteiger partial charge in [-0.25, -0.2) is 19.9 Å². The molecular formula is C28H30N8O2. The number of anilines is 2. The van der Waals surface area contributed by atoms with Crippen molar-refractivity contribution in [3.05, 3.63) is 72.8 Å². The molecule has 0 saturated carbocycles. The number of nitrogens with zero attached hydrogens (tertiary/aromatic N) is 7. The quantitative estimate of drug-likeness (QED) is 0.395. The molecule has 10 heteroatoms. The third-order valence-corrected chi connectivity index (χ3v) is 7.13. The summed E-state index contributed by atoms with van der Waals surface area (Å²) < 4.78 is 5.49. The lowest BCUT2D eigenvalue weighted by Gasteiger charge is -2.34. The molecule has 2 saturated heterocycles. The number of carbonyl (C=O) groups excluding carboxylic acids is 1. The number of nitrogens with one attached hydrogen (secondary N) is 1. The molecule has 194 valence electrons. The number of piperazine rings is 1. The average Bonchev–Trinajstić information content (AvgIpc) is 3.43. The molecule has 2 aliphatic rings. The molecule has 6 rings (SSSR count). The number of aromatic amines is 1. The molecule has 0 radical (unpaired) electrons. The van der Waals surface area contributed by atoms with Crippen molar-refractivity contribution in [3.8, 4) is 11.3 Å². The topological polar surface area (TPSA) is 103 Å². The number of benzene rings is 1. The molecule has 3 aromatic heterocycles. The van der Waals surface area contributed by atoms with Crippen LogP contribution in [0, 0.1) is 0 Å². The Hall–Kier alpha value is -4.31. The van der Waals surface area contributed by atoms with Gasteiger partial charge < -0.3 is 24.4 Å². The summed E-state index contributed by atoms with van der Waals surface area (Å²) in [5.41, 5.74) is 5.19. The summed E-state index contributed by atoms with van der Waals surface area (Å²) in [6, 6.07) is 10.7. The molecule has 0 atom stereocenters. The van der Waals surface area contributed by atoms with Crippen molar-refractivity contribution >= 4 is 28.7 Å². The van der Waals surface area contributed by atoms with Gasteiger partial charge in [-0.15, -0.1) is 0 Å². The van der Waals surface area contributed by atoms with Crippen LogP contribution in [0.1, 0.15) is 11.1 Å². The van der Waals surface area contributed by atoms with Crippen LogP contribution in [0.4, 0.5) is 11.8 Å². The van der Waals surface area contributed by atoms with E-state index in [9.17, 15) is 4.79 Å². The van der Waals surface area contributed by atoms with E-state index in [0.29, 0.717) is 45.3 Å². The second kappa shape index (κ2) is 10.6. The summed E-state index contributed by atoms with van der Waals surface area (Å²) in [5.74, 6) is 1.63. The Bertz CT molecular complexity index is 1420. The number of morpholine rings is 1. The van der Waals surface area contributed by atoms with Crippen LogP contribution in [-0.2, 0) is 16.0 Å². The number of fused-ring (bicyclic) bond motifs is 1. The van der Waals surface area contributed by atoms with E-state index in [2.05, 4.69) is 71.6 Å². The Morgan fingerprint density at radius 3 is 2.37 bits per heavy atom. The lowest BCUT2D eigenvalue weighted by atomic mass is 10.0. The predicted octanol–water partition coefficient (Wildman–Crippen LogP) is 2.68. The Morgan fingerprint density at radius 1 is 0.921 bits per heavy atom. The molecule has 4 aromatic rings. The number of amides is 1. The highest BCUT2D eigenvalue weighted by molar-refractivity contribution is 5.92. The van der Waals surface area contributed by atoms with Crippen molar-refractivity contribution in [1.29, 1.82) is 0 Å². The molecule has 0 unspecified atom stereocenters. The first-order valence-electron chi connectivity index (χ1n) is 12.9. The lowest BCUT2D eigenvalue weighted by Crippen LogP contribution is -2.48. The van der Waals surface area contributed by atoms with E-state index in [4.69, 9.17) is 4.74 Å². The minimum Gasteiger partial charge on any atom is -0.378 e. The van der Waals surface area contributed by atoms with Gasteiger partial charge in [0.2, 0.25) is 11.9 Å². The van der Waals surface area contributed by atoms with E-state index in [1.807, 2.05) is 12.4 Å². The zero-order valence-electron chi connectivity index (χ0n) is 21.2. The van der Waals surface area contributed by atoms with E-state index < -0.39 is 0 Å². The number of ether oxygens (including phenoxy) is 1. The standard InChI is InChI=1S/C28H30N8O2/c1-2-25(37)34-7-9-36(10-8-34)28-29-17-21(18-30-28)15-20-3-5-22(6-4-20)24-16-23-26(33-24)31-19-32-27(23)35-11-13-38-14-12-35/h2-6,16-19H,1,7-15H2,(H,31,32,33).